The lowest BCUT2D eigenvalue weighted by Crippen LogP contribution is -1.88. The van der Waals surface area contributed by atoms with Gasteiger partial charge in [0.15, 0.2) is 4.34 Å². The number of nitro groups is 1. The third-order valence-corrected chi connectivity index (χ3v) is 6.06. The summed E-state index contributed by atoms with van der Waals surface area (Å²) in [5.41, 5.74) is 1.16. The topological polar surface area (TPSA) is 56.0 Å². The summed E-state index contributed by atoms with van der Waals surface area (Å²) in [7, 11) is 2.83. The highest BCUT2D eigenvalue weighted by Gasteiger charge is 2.14. The van der Waals surface area contributed by atoms with E-state index in [0.29, 0.717) is 4.90 Å². The standard InChI is InChI=1S/C11H10N2O2S3/c1-7-8(2)16-11(12-7)18-17-10-6-4-3-5-9(10)13(14)15/h3-6H,1-2H3. The van der Waals surface area contributed by atoms with E-state index in [0.717, 1.165) is 10.0 Å². The van der Waals surface area contributed by atoms with Gasteiger partial charge < -0.3 is 0 Å². The molecule has 0 N–H and O–H groups in total. The van der Waals surface area contributed by atoms with Gasteiger partial charge in [-0.25, -0.2) is 4.98 Å². The molecule has 94 valence electrons. The molecule has 4 nitrogen and oxygen atoms in total. The van der Waals surface area contributed by atoms with Crippen molar-refractivity contribution in [2.24, 2.45) is 0 Å². The number of rotatable bonds is 4. The molecule has 0 unspecified atom stereocenters. The van der Waals surface area contributed by atoms with Gasteiger partial charge >= 0.3 is 0 Å². The number of aromatic nitrogens is 1. The summed E-state index contributed by atoms with van der Waals surface area (Å²) in [5.74, 6) is 0. The quantitative estimate of drug-likeness (QED) is 0.473. The van der Waals surface area contributed by atoms with E-state index in [1.54, 1.807) is 29.5 Å². The lowest BCUT2D eigenvalue weighted by atomic mass is 10.3. The van der Waals surface area contributed by atoms with Gasteiger partial charge in [0.2, 0.25) is 0 Å². The number of benzene rings is 1. The number of aryl methyl sites for hydroxylation is 2. The van der Waals surface area contributed by atoms with Crippen molar-refractivity contribution in [2.75, 3.05) is 0 Å². The first-order valence-corrected chi connectivity index (χ1v) is 8.06. The van der Waals surface area contributed by atoms with E-state index in [-0.39, 0.29) is 10.6 Å². The number of thiazole rings is 1. The minimum absolute atomic E-state index is 0.139. The lowest BCUT2D eigenvalue weighted by Gasteiger charge is -1.99. The van der Waals surface area contributed by atoms with Gasteiger partial charge in [0.05, 0.1) is 15.5 Å². The molecular formula is C11H10N2O2S3. The Morgan fingerprint density at radius 3 is 2.61 bits per heavy atom. The fraction of sp³-hybridized carbons (Fsp3) is 0.182. The maximum Gasteiger partial charge on any atom is 0.283 e. The van der Waals surface area contributed by atoms with Crippen LogP contribution >= 0.6 is 32.9 Å². The van der Waals surface area contributed by atoms with E-state index in [1.165, 1.54) is 32.5 Å². The summed E-state index contributed by atoms with van der Waals surface area (Å²) in [5, 5.41) is 10.9. The Kier molecular flexibility index (Phi) is 4.26. The van der Waals surface area contributed by atoms with Crippen LogP contribution in [0.15, 0.2) is 33.5 Å². The Morgan fingerprint density at radius 1 is 1.28 bits per heavy atom. The van der Waals surface area contributed by atoms with Crippen LogP contribution in [-0.2, 0) is 0 Å². The number of para-hydroxylation sites is 1. The number of nitrogens with zero attached hydrogens (tertiary/aromatic N) is 2. The van der Waals surface area contributed by atoms with Crippen LogP contribution in [0.5, 0.6) is 0 Å². The summed E-state index contributed by atoms with van der Waals surface area (Å²) < 4.78 is 0.924. The Balaban J connectivity index is 2.13. The molecule has 0 radical (unpaired) electrons. The van der Waals surface area contributed by atoms with Gasteiger partial charge in [-0.2, -0.15) is 0 Å². The van der Waals surface area contributed by atoms with E-state index in [2.05, 4.69) is 4.98 Å². The van der Waals surface area contributed by atoms with E-state index in [1.807, 2.05) is 13.8 Å². The van der Waals surface area contributed by atoms with Crippen LogP contribution in [0, 0.1) is 24.0 Å². The second kappa shape index (κ2) is 5.73. The van der Waals surface area contributed by atoms with Gasteiger partial charge in [0.25, 0.3) is 5.69 Å². The van der Waals surface area contributed by atoms with E-state index >= 15 is 0 Å². The molecule has 0 atom stereocenters. The molecule has 1 heterocycles. The third-order valence-electron chi connectivity index (χ3n) is 2.27. The Labute approximate surface area is 116 Å². The summed E-state index contributed by atoms with van der Waals surface area (Å²) in [6.07, 6.45) is 0. The van der Waals surface area contributed by atoms with Gasteiger partial charge in [-0.05, 0) is 41.5 Å². The van der Waals surface area contributed by atoms with Crippen molar-refractivity contribution in [3.05, 3.63) is 45.0 Å². The minimum Gasteiger partial charge on any atom is -0.258 e. The predicted molar refractivity (Wildman–Crippen MR) is 76.4 cm³/mol. The molecule has 2 rings (SSSR count). The second-order valence-corrected chi connectivity index (χ2v) is 7.13. The molecule has 0 amide bonds. The zero-order chi connectivity index (χ0) is 13.1. The number of hydrogen-bond donors (Lipinski definition) is 0. The van der Waals surface area contributed by atoms with E-state index in [9.17, 15) is 10.1 Å². The highest BCUT2D eigenvalue weighted by molar-refractivity contribution is 8.77. The zero-order valence-electron chi connectivity index (χ0n) is 9.75. The highest BCUT2D eigenvalue weighted by Crippen LogP contribution is 2.43. The van der Waals surface area contributed by atoms with Gasteiger partial charge in [0, 0.05) is 10.9 Å². The van der Waals surface area contributed by atoms with Crippen molar-refractivity contribution in [2.45, 2.75) is 23.1 Å². The summed E-state index contributed by atoms with van der Waals surface area (Å²) in [6.45, 7) is 3.98. The molecular weight excluding hydrogens is 288 g/mol. The zero-order valence-corrected chi connectivity index (χ0v) is 12.2. The summed E-state index contributed by atoms with van der Waals surface area (Å²) in [6, 6.07) is 6.74. The fourth-order valence-corrected chi connectivity index (χ4v) is 4.71. The van der Waals surface area contributed by atoms with Crippen LogP contribution in [0.2, 0.25) is 0 Å². The first kappa shape index (κ1) is 13.4. The van der Waals surface area contributed by atoms with Gasteiger partial charge in [-0.15, -0.1) is 11.3 Å². The third kappa shape index (κ3) is 3.04. The second-order valence-electron chi connectivity index (χ2n) is 3.51. The first-order chi connectivity index (χ1) is 8.58. The molecule has 0 aliphatic rings. The Bertz CT molecular complexity index is 564. The molecule has 1 aromatic carbocycles. The molecule has 1 aromatic heterocycles. The predicted octanol–water partition coefficient (Wildman–Crippen LogP) is 4.47. The van der Waals surface area contributed by atoms with Gasteiger partial charge in [0.1, 0.15) is 0 Å². The van der Waals surface area contributed by atoms with E-state index < -0.39 is 0 Å². The maximum absolute atomic E-state index is 10.9. The molecule has 0 saturated heterocycles. The normalized spacial score (nSPS) is 10.6. The number of hydrogen-bond acceptors (Lipinski definition) is 6. The van der Waals surface area contributed by atoms with Crippen LogP contribution in [0.4, 0.5) is 5.69 Å². The van der Waals surface area contributed by atoms with Crippen molar-refractivity contribution in [1.29, 1.82) is 0 Å². The Hall–Kier alpha value is -1.05. The monoisotopic (exact) mass is 298 g/mol. The fourth-order valence-electron chi connectivity index (χ4n) is 1.24. The van der Waals surface area contributed by atoms with Crippen molar-refractivity contribution < 1.29 is 4.92 Å². The van der Waals surface area contributed by atoms with Crippen molar-refractivity contribution in [1.82, 2.24) is 4.98 Å². The average Bonchev–Trinajstić information content (AvgIpc) is 2.66. The molecule has 0 aliphatic heterocycles. The summed E-state index contributed by atoms with van der Waals surface area (Å²) in [4.78, 5) is 16.7. The smallest absolute Gasteiger partial charge is 0.258 e. The van der Waals surface area contributed by atoms with Crippen molar-refractivity contribution in [3.8, 4) is 0 Å². The summed E-state index contributed by atoms with van der Waals surface area (Å²) >= 11 is 1.61. The molecule has 7 heteroatoms. The average molecular weight is 298 g/mol. The maximum atomic E-state index is 10.9. The molecule has 0 bridgehead atoms. The van der Waals surface area contributed by atoms with Crippen LogP contribution in [-0.4, -0.2) is 9.91 Å². The molecule has 18 heavy (non-hydrogen) atoms. The van der Waals surface area contributed by atoms with Crippen molar-refractivity contribution >= 4 is 38.6 Å². The SMILES string of the molecule is Cc1nc(SSc2ccccc2[N+](=O)[O-])sc1C. The molecule has 0 saturated carbocycles. The van der Waals surface area contributed by atoms with Crippen LogP contribution in [0.25, 0.3) is 0 Å². The van der Waals surface area contributed by atoms with Crippen LogP contribution in [0.3, 0.4) is 0 Å². The van der Waals surface area contributed by atoms with E-state index in [4.69, 9.17) is 0 Å². The molecule has 0 fully saturated rings. The molecule has 2 aromatic rings. The van der Waals surface area contributed by atoms with Crippen LogP contribution in [0.1, 0.15) is 10.6 Å². The molecule has 0 spiro atoms. The number of nitro benzene ring substituents is 1. The van der Waals surface area contributed by atoms with Crippen LogP contribution < -0.4 is 0 Å². The lowest BCUT2D eigenvalue weighted by molar-refractivity contribution is -0.387. The Morgan fingerprint density at radius 2 is 2.00 bits per heavy atom. The highest BCUT2D eigenvalue weighted by atomic mass is 33.1. The van der Waals surface area contributed by atoms with Gasteiger partial charge in [-0.3, -0.25) is 10.1 Å². The first-order valence-electron chi connectivity index (χ1n) is 5.10. The largest absolute Gasteiger partial charge is 0.283 e. The molecule has 0 aliphatic carbocycles. The van der Waals surface area contributed by atoms with Gasteiger partial charge in [-0.1, -0.05) is 12.1 Å². The minimum atomic E-state index is -0.360. The van der Waals surface area contributed by atoms with Crippen molar-refractivity contribution in [3.63, 3.8) is 0 Å².